The van der Waals surface area contributed by atoms with Crippen LogP contribution < -0.4 is 4.74 Å². The molecule has 1 aromatic rings. The first-order valence-electron chi connectivity index (χ1n) is 7.82. The van der Waals surface area contributed by atoms with Crippen LogP contribution in [0.15, 0.2) is 12.1 Å². The summed E-state index contributed by atoms with van der Waals surface area (Å²) in [7, 11) is -5.93. The molecule has 1 aliphatic heterocycles. The van der Waals surface area contributed by atoms with Gasteiger partial charge >= 0.3 is 27.3 Å². The van der Waals surface area contributed by atoms with Crippen molar-refractivity contribution in [3.63, 3.8) is 0 Å². The molecule has 0 saturated heterocycles. The summed E-state index contributed by atoms with van der Waals surface area (Å²) >= 11 is 4.08. The summed E-state index contributed by atoms with van der Waals surface area (Å²) in [6.45, 7) is 0. The van der Waals surface area contributed by atoms with Crippen molar-refractivity contribution >= 4 is 67.2 Å². The lowest BCUT2D eigenvalue weighted by Crippen LogP contribution is -2.49. The van der Waals surface area contributed by atoms with Gasteiger partial charge in [-0.3, -0.25) is 4.55 Å². The number of fused-ring (bicyclic) bond motifs is 1. The van der Waals surface area contributed by atoms with E-state index < -0.39 is 39.2 Å². The summed E-state index contributed by atoms with van der Waals surface area (Å²) in [5.74, 6) is -3.90. The molecule has 0 aromatic heterocycles. The first kappa shape index (κ1) is 21.9. The predicted molar refractivity (Wildman–Crippen MR) is 105 cm³/mol. The number of alkyl halides is 2. The highest BCUT2D eigenvalue weighted by atomic mass is 127. The van der Waals surface area contributed by atoms with Crippen LogP contribution in [0.1, 0.15) is 36.0 Å². The van der Waals surface area contributed by atoms with Crippen LogP contribution in [0.2, 0.25) is 0 Å². The van der Waals surface area contributed by atoms with Crippen LogP contribution in [0.4, 0.5) is 8.78 Å². The Morgan fingerprint density at radius 1 is 1.25 bits per heavy atom. The molecule has 28 heavy (non-hydrogen) atoms. The zero-order valence-electron chi connectivity index (χ0n) is 13.8. The van der Waals surface area contributed by atoms with E-state index in [1.165, 1.54) is 0 Å². The molecule has 13 heteroatoms. The minimum absolute atomic E-state index is 0.00261. The summed E-state index contributed by atoms with van der Waals surface area (Å²) in [5, 5.41) is -5.05. The Hall–Kier alpha value is -0.810. The van der Waals surface area contributed by atoms with Crippen molar-refractivity contribution in [2.45, 2.75) is 42.8 Å². The quantitative estimate of drug-likeness (QED) is 0.304. The Morgan fingerprint density at radius 2 is 1.86 bits per heavy atom. The number of ether oxygens (including phenoxy) is 3. The summed E-state index contributed by atoms with van der Waals surface area (Å²) in [6.07, 6.45) is -0.938. The molecule has 0 atom stereocenters. The minimum Gasteiger partial charge on any atom is -0.457 e. The first-order valence-corrected chi connectivity index (χ1v) is 11.4. The molecule has 1 N–H and O–H groups in total. The number of hydrogen-bond acceptors (Lipinski definition) is 7. The molecule has 2 aliphatic rings. The highest BCUT2D eigenvalue weighted by Gasteiger charge is 2.55. The van der Waals surface area contributed by atoms with E-state index in [-0.39, 0.29) is 25.7 Å². The molecule has 0 unspecified atom stereocenters. The van der Waals surface area contributed by atoms with Gasteiger partial charge in [0, 0.05) is 20.0 Å². The van der Waals surface area contributed by atoms with E-state index in [0.29, 0.717) is 14.9 Å². The second kappa shape index (κ2) is 7.46. The molecular formula is C15H12F2I2O8S. The zero-order valence-corrected chi connectivity index (χ0v) is 18.9. The largest absolute Gasteiger partial charge is 0.465 e. The number of carbonyl (C=O) groups excluding carboxylic acids is 2. The Bertz CT molecular complexity index is 942. The molecule has 0 amide bonds. The highest BCUT2D eigenvalue weighted by Crippen LogP contribution is 2.43. The molecule has 1 saturated carbocycles. The smallest absolute Gasteiger partial charge is 0.457 e. The summed E-state index contributed by atoms with van der Waals surface area (Å²) in [4.78, 5) is 23.8. The second-order valence-corrected chi connectivity index (χ2v) is 9.94. The SMILES string of the molecule is O=C1OC2(CCC(OC(=O)C(F)(F)S(=O)(=O)O)CC2)Oc2ccc(I)c(I)c21. The van der Waals surface area contributed by atoms with E-state index >= 15 is 0 Å². The normalized spacial score (nSPS) is 24.9. The van der Waals surface area contributed by atoms with Gasteiger partial charge in [0.1, 0.15) is 17.4 Å². The van der Waals surface area contributed by atoms with Crippen LogP contribution in [-0.4, -0.2) is 42.1 Å². The van der Waals surface area contributed by atoms with Gasteiger partial charge in [-0.05, 0) is 70.2 Å². The van der Waals surface area contributed by atoms with Gasteiger partial charge in [-0.25, -0.2) is 9.59 Å². The van der Waals surface area contributed by atoms with E-state index in [1.807, 2.05) is 22.6 Å². The molecular weight excluding hydrogens is 632 g/mol. The lowest BCUT2D eigenvalue weighted by molar-refractivity contribution is -0.196. The third-order valence-corrected chi connectivity index (χ3v) is 8.23. The Morgan fingerprint density at radius 3 is 2.43 bits per heavy atom. The number of carbonyl (C=O) groups is 2. The lowest BCUT2D eigenvalue weighted by atomic mass is 9.90. The van der Waals surface area contributed by atoms with Crippen molar-refractivity contribution in [2.75, 3.05) is 0 Å². The fourth-order valence-corrected chi connectivity index (χ4v) is 4.30. The van der Waals surface area contributed by atoms with Crippen molar-refractivity contribution in [3.05, 3.63) is 24.8 Å². The molecule has 0 radical (unpaired) electrons. The molecule has 8 nitrogen and oxygen atoms in total. The van der Waals surface area contributed by atoms with Crippen LogP contribution in [0.5, 0.6) is 5.75 Å². The maximum Gasteiger partial charge on any atom is 0.465 e. The first-order chi connectivity index (χ1) is 12.9. The molecule has 1 aromatic carbocycles. The van der Waals surface area contributed by atoms with E-state index in [1.54, 1.807) is 12.1 Å². The summed E-state index contributed by atoms with van der Waals surface area (Å²) in [5.41, 5.74) is 0.305. The van der Waals surface area contributed by atoms with Crippen molar-refractivity contribution in [1.82, 2.24) is 0 Å². The fourth-order valence-electron chi connectivity index (χ4n) is 2.93. The summed E-state index contributed by atoms with van der Waals surface area (Å²) in [6, 6.07) is 3.42. The molecule has 3 rings (SSSR count). The standard InChI is InChI=1S/C15H12F2I2O8S/c16-15(17,28(22,23)24)13(21)25-7-3-5-14(6-4-7)26-9-2-1-8(18)11(19)10(9)12(20)27-14/h1-2,7H,3-6H2,(H,22,23,24). The predicted octanol–water partition coefficient (Wildman–Crippen LogP) is 3.11. The second-order valence-electron chi connectivity index (χ2n) is 6.23. The maximum absolute atomic E-state index is 13.3. The Balaban J connectivity index is 1.70. The number of hydrogen-bond donors (Lipinski definition) is 1. The number of rotatable bonds is 3. The fraction of sp³-hybridized carbons (Fsp3) is 0.467. The average molecular weight is 644 g/mol. The third kappa shape index (κ3) is 3.94. The van der Waals surface area contributed by atoms with E-state index in [9.17, 15) is 26.8 Å². The van der Waals surface area contributed by atoms with Crippen molar-refractivity contribution < 1.29 is 45.6 Å². The molecule has 1 fully saturated rings. The number of esters is 2. The highest BCUT2D eigenvalue weighted by molar-refractivity contribution is 14.1. The van der Waals surface area contributed by atoms with Crippen LogP contribution in [0.25, 0.3) is 0 Å². The monoisotopic (exact) mass is 644 g/mol. The van der Waals surface area contributed by atoms with Gasteiger partial charge in [0.25, 0.3) is 5.79 Å². The van der Waals surface area contributed by atoms with Gasteiger partial charge in [0.2, 0.25) is 0 Å². The van der Waals surface area contributed by atoms with Crippen LogP contribution in [0.3, 0.4) is 0 Å². The van der Waals surface area contributed by atoms with Gasteiger partial charge < -0.3 is 14.2 Å². The minimum atomic E-state index is -5.93. The maximum atomic E-state index is 13.3. The van der Waals surface area contributed by atoms with Gasteiger partial charge in [-0.1, -0.05) is 0 Å². The molecule has 1 heterocycles. The van der Waals surface area contributed by atoms with E-state index in [2.05, 4.69) is 27.3 Å². The summed E-state index contributed by atoms with van der Waals surface area (Å²) < 4.78 is 73.7. The van der Waals surface area contributed by atoms with Gasteiger partial charge in [0.05, 0.1) is 0 Å². The Labute approximate surface area is 185 Å². The van der Waals surface area contributed by atoms with Crippen LogP contribution in [-0.2, 0) is 24.4 Å². The topological polar surface area (TPSA) is 116 Å². The van der Waals surface area contributed by atoms with E-state index in [4.69, 9.17) is 14.0 Å². The van der Waals surface area contributed by atoms with Gasteiger partial charge in [-0.15, -0.1) is 0 Å². The molecule has 154 valence electrons. The molecule has 1 spiro atoms. The third-order valence-electron chi connectivity index (χ3n) is 4.37. The molecule has 0 bridgehead atoms. The lowest BCUT2D eigenvalue weighted by Gasteiger charge is -2.42. The van der Waals surface area contributed by atoms with Crippen LogP contribution >= 0.6 is 45.2 Å². The number of halogens is 4. The van der Waals surface area contributed by atoms with Crippen molar-refractivity contribution in [1.29, 1.82) is 0 Å². The Kier molecular flexibility index (Phi) is 5.83. The van der Waals surface area contributed by atoms with Crippen molar-refractivity contribution in [2.24, 2.45) is 0 Å². The van der Waals surface area contributed by atoms with Gasteiger partial charge in [-0.2, -0.15) is 17.2 Å². The molecule has 1 aliphatic carbocycles. The van der Waals surface area contributed by atoms with Crippen LogP contribution in [0, 0.1) is 7.14 Å². The zero-order chi connectivity index (χ0) is 20.9. The average Bonchev–Trinajstić information content (AvgIpc) is 2.59. The number of benzene rings is 1. The van der Waals surface area contributed by atoms with E-state index in [0.717, 1.165) is 3.57 Å². The van der Waals surface area contributed by atoms with Crippen molar-refractivity contribution in [3.8, 4) is 5.75 Å². The van der Waals surface area contributed by atoms with Gasteiger partial charge in [0.15, 0.2) is 0 Å².